The number of sulfonamides is 1. The predicted molar refractivity (Wildman–Crippen MR) is 113 cm³/mol. The van der Waals surface area contributed by atoms with Crippen LogP contribution in [0.1, 0.15) is 16.1 Å². The summed E-state index contributed by atoms with van der Waals surface area (Å²) in [5, 5.41) is 0.505. The molecule has 156 valence electrons. The van der Waals surface area contributed by atoms with Gasteiger partial charge in [-0.1, -0.05) is 17.7 Å². The minimum atomic E-state index is -4.06. The zero-order chi connectivity index (χ0) is 21.9. The van der Waals surface area contributed by atoms with Gasteiger partial charge in [0.05, 0.1) is 12.2 Å². The SMILES string of the molecule is CN(C)S(=O)(=O)c1cc(C(=O)N(Cc2ccccn2)c2ccc(Cl)cc2)ccc1F. The molecule has 3 aromatic rings. The molecule has 0 spiro atoms. The third kappa shape index (κ3) is 4.67. The van der Waals surface area contributed by atoms with E-state index in [2.05, 4.69) is 4.98 Å². The number of nitrogens with zero attached hydrogens (tertiary/aromatic N) is 3. The van der Waals surface area contributed by atoms with Gasteiger partial charge in [0.2, 0.25) is 10.0 Å². The molecule has 0 saturated heterocycles. The summed E-state index contributed by atoms with van der Waals surface area (Å²) in [4.78, 5) is 18.4. The largest absolute Gasteiger partial charge is 0.302 e. The quantitative estimate of drug-likeness (QED) is 0.573. The van der Waals surface area contributed by atoms with Crippen molar-refractivity contribution < 1.29 is 17.6 Å². The Balaban J connectivity index is 2.06. The summed E-state index contributed by atoms with van der Waals surface area (Å²) in [5.74, 6) is -1.43. The highest BCUT2D eigenvalue weighted by atomic mass is 35.5. The van der Waals surface area contributed by atoms with Crippen molar-refractivity contribution in [2.45, 2.75) is 11.4 Å². The summed E-state index contributed by atoms with van der Waals surface area (Å²) < 4.78 is 40.0. The maximum atomic E-state index is 14.2. The molecule has 0 atom stereocenters. The summed E-state index contributed by atoms with van der Waals surface area (Å²) in [6, 6.07) is 15.2. The van der Waals surface area contributed by atoms with Gasteiger partial charge >= 0.3 is 0 Å². The molecule has 0 radical (unpaired) electrons. The lowest BCUT2D eigenvalue weighted by molar-refractivity contribution is 0.0984. The van der Waals surface area contributed by atoms with Crippen molar-refractivity contribution in [3.63, 3.8) is 0 Å². The maximum absolute atomic E-state index is 14.2. The average molecular weight is 448 g/mol. The van der Waals surface area contributed by atoms with E-state index in [1.807, 2.05) is 0 Å². The molecule has 0 N–H and O–H groups in total. The maximum Gasteiger partial charge on any atom is 0.258 e. The second-order valence-corrected chi connectivity index (χ2v) is 9.18. The van der Waals surface area contributed by atoms with E-state index in [1.165, 1.54) is 25.1 Å². The van der Waals surface area contributed by atoms with Gasteiger partial charge in [0.1, 0.15) is 10.7 Å². The summed E-state index contributed by atoms with van der Waals surface area (Å²) in [5.41, 5.74) is 1.20. The highest BCUT2D eigenvalue weighted by Crippen LogP contribution is 2.25. The molecule has 1 amide bonds. The van der Waals surface area contributed by atoms with Crippen LogP contribution in [0.4, 0.5) is 10.1 Å². The third-order valence-electron chi connectivity index (χ3n) is 4.37. The average Bonchev–Trinajstić information content (AvgIpc) is 2.73. The van der Waals surface area contributed by atoms with Crippen molar-refractivity contribution in [3.05, 3.63) is 89.0 Å². The molecule has 0 bridgehead atoms. The Morgan fingerprint density at radius 2 is 1.77 bits per heavy atom. The van der Waals surface area contributed by atoms with E-state index in [1.54, 1.807) is 48.7 Å². The first-order valence-corrected chi connectivity index (χ1v) is 10.7. The number of rotatable bonds is 6. The van der Waals surface area contributed by atoms with Gasteiger partial charge in [-0.3, -0.25) is 9.78 Å². The molecule has 9 heteroatoms. The standard InChI is InChI=1S/C21H19ClFN3O3S/c1-25(2)30(28,29)20-13-15(6-11-19(20)23)21(27)26(14-17-5-3-4-12-24-17)18-9-7-16(22)8-10-18/h3-13H,14H2,1-2H3. The number of hydrogen-bond donors (Lipinski definition) is 0. The Kier molecular flexibility index (Phi) is 6.50. The zero-order valence-electron chi connectivity index (χ0n) is 16.3. The van der Waals surface area contributed by atoms with Gasteiger partial charge in [-0.05, 0) is 54.6 Å². The molecule has 0 aliphatic heterocycles. The number of benzene rings is 2. The molecule has 0 aliphatic carbocycles. The van der Waals surface area contributed by atoms with Crippen molar-refractivity contribution in [2.75, 3.05) is 19.0 Å². The number of hydrogen-bond acceptors (Lipinski definition) is 4. The fourth-order valence-electron chi connectivity index (χ4n) is 2.74. The smallest absolute Gasteiger partial charge is 0.258 e. The number of anilines is 1. The molecule has 0 fully saturated rings. The first kappa shape index (κ1) is 21.9. The monoisotopic (exact) mass is 447 g/mol. The van der Waals surface area contributed by atoms with Gasteiger partial charge < -0.3 is 4.90 Å². The van der Waals surface area contributed by atoms with Crippen molar-refractivity contribution >= 4 is 33.2 Å². The number of amides is 1. The van der Waals surface area contributed by atoms with Gasteiger partial charge in [-0.25, -0.2) is 17.1 Å². The lowest BCUT2D eigenvalue weighted by atomic mass is 10.1. The Hall–Kier alpha value is -2.81. The van der Waals surface area contributed by atoms with Crippen LogP contribution in [0.2, 0.25) is 5.02 Å². The molecule has 6 nitrogen and oxygen atoms in total. The van der Waals surface area contributed by atoms with Crippen LogP contribution in [-0.2, 0) is 16.6 Å². The van der Waals surface area contributed by atoms with Crippen molar-refractivity contribution in [3.8, 4) is 0 Å². The minimum Gasteiger partial charge on any atom is -0.302 e. The first-order valence-electron chi connectivity index (χ1n) is 8.89. The van der Waals surface area contributed by atoms with Gasteiger partial charge in [0.15, 0.2) is 0 Å². The summed E-state index contributed by atoms with van der Waals surface area (Å²) in [7, 11) is -1.47. The minimum absolute atomic E-state index is 0.0303. The molecular formula is C21H19ClFN3O3S. The van der Waals surface area contributed by atoms with Crippen LogP contribution in [0.5, 0.6) is 0 Å². The number of halogens is 2. The van der Waals surface area contributed by atoms with Crippen LogP contribution < -0.4 is 4.90 Å². The summed E-state index contributed by atoms with van der Waals surface area (Å²) >= 11 is 5.96. The molecule has 3 rings (SSSR count). The number of carbonyl (C=O) groups is 1. The molecule has 1 heterocycles. The number of carbonyl (C=O) groups excluding carboxylic acids is 1. The molecule has 2 aromatic carbocycles. The van der Waals surface area contributed by atoms with Crippen molar-refractivity contribution in [2.24, 2.45) is 0 Å². The van der Waals surface area contributed by atoms with Gasteiger partial charge in [0.25, 0.3) is 5.91 Å². The Morgan fingerprint density at radius 3 is 2.37 bits per heavy atom. The normalized spacial score (nSPS) is 11.5. The van der Waals surface area contributed by atoms with E-state index < -0.39 is 26.6 Å². The van der Waals surface area contributed by atoms with E-state index in [4.69, 9.17) is 11.6 Å². The van der Waals surface area contributed by atoms with Crippen LogP contribution in [0.15, 0.2) is 71.8 Å². The van der Waals surface area contributed by atoms with Crippen LogP contribution in [0.3, 0.4) is 0 Å². The van der Waals surface area contributed by atoms with E-state index in [0.29, 0.717) is 16.4 Å². The van der Waals surface area contributed by atoms with Gasteiger partial charge in [0, 0.05) is 36.6 Å². The second kappa shape index (κ2) is 8.91. The Labute approximate surface area is 179 Å². The van der Waals surface area contributed by atoms with E-state index in [-0.39, 0.29) is 12.1 Å². The highest BCUT2D eigenvalue weighted by molar-refractivity contribution is 7.89. The highest BCUT2D eigenvalue weighted by Gasteiger charge is 2.26. The third-order valence-corrected chi connectivity index (χ3v) is 6.45. The van der Waals surface area contributed by atoms with Gasteiger partial charge in [-0.15, -0.1) is 0 Å². The van der Waals surface area contributed by atoms with Crippen molar-refractivity contribution in [1.82, 2.24) is 9.29 Å². The lowest BCUT2D eigenvalue weighted by Crippen LogP contribution is -2.31. The van der Waals surface area contributed by atoms with Crippen molar-refractivity contribution in [1.29, 1.82) is 0 Å². The number of aromatic nitrogens is 1. The fourth-order valence-corrected chi connectivity index (χ4v) is 3.85. The van der Waals surface area contributed by atoms with Crippen LogP contribution >= 0.6 is 11.6 Å². The lowest BCUT2D eigenvalue weighted by Gasteiger charge is -2.23. The Bertz CT molecular complexity index is 1150. The second-order valence-electron chi connectivity index (χ2n) is 6.62. The molecule has 0 saturated carbocycles. The fraction of sp³-hybridized carbons (Fsp3) is 0.143. The molecule has 30 heavy (non-hydrogen) atoms. The summed E-state index contributed by atoms with van der Waals surface area (Å²) in [6.07, 6.45) is 1.61. The van der Waals surface area contributed by atoms with Crippen LogP contribution in [0.25, 0.3) is 0 Å². The molecule has 0 unspecified atom stereocenters. The number of pyridine rings is 1. The topological polar surface area (TPSA) is 70.6 Å². The predicted octanol–water partition coefficient (Wildman–Crippen LogP) is 3.97. The molecular weight excluding hydrogens is 429 g/mol. The zero-order valence-corrected chi connectivity index (χ0v) is 17.9. The van der Waals surface area contributed by atoms with E-state index in [0.717, 1.165) is 16.4 Å². The molecule has 0 aliphatic rings. The van der Waals surface area contributed by atoms with Gasteiger partial charge in [-0.2, -0.15) is 0 Å². The first-order chi connectivity index (χ1) is 14.2. The van der Waals surface area contributed by atoms with E-state index >= 15 is 0 Å². The Morgan fingerprint density at radius 1 is 1.07 bits per heavy atom. The van der Waals surface area contributed by atoms with E-state index in [9.17, 15) is 17.6 Å². The summed E-state index contributed by atoms with van der Waals surface area (Å²) in [6.45, 7) is 0.133. The van der Waals surface area contributed by atoms with Crippen LogP contribution in [0, 0.1) is 5.82 Å². The molecule has 1 aromatic heterocycles. The van der Waals surface area contributed by atoms with Crippen LogP contribution in [-0.4, -0.2) is 37.7 Å².